The summed E-state index contributed by atoms with van der Waals surface area (Å²) >= 11 is 5.94. The molecule has 1 aliphatic carbocycles. The lowest BCUT2D eigenvalue weighted by atomic mass is 9.92. The van der Waals surface area contributed by atoms with Crippen molar-refractivity contribution in [3.8, 4) is 11.5 Å². The first-order valence-electron chi connectivity index (χ1n) is 12.3. The largest absolute Gasteiger partial charge is 0.493 e. The van der Waals surface area contributed by atoms with E-state index < -0.39 is 5.82 Å². The van der Waals surface area contributed by atoms with Crippen molar-refractivity contribution in [1.29, 1.82) is 0 Å². The molecule has 1 saturated carbocycles. The fourth-order valence-corrected chi connectivity index (χ4v) is 5.08. The van der Waals surface area contributed by atoms with Crippen LogP contribution in [0.4, 0.5) is 15.9 Å². The van der Waals surface area contributed by atoms with Gasteiger partial charge in [0, 0.05) is 36.3 Å². The lowest BCUT2D eigenvalue weighted by Gasteiger charge is -2.42. The lowest BCUT2D eigenvalue weighted by Crippen LogP contribution is -2.53. The Bertz CT molecular complexity index is 1250. The maximum atomic E-state index is 13.6. The molecule has 0 atom stereocenters. The van der Waals surface area contributed by atoms with Gasteiger partial charge in [0.05, 0.1) is 37.0 Å². The Morgan fingerprint density at radius 1 is 1.14 bits per heavy atom. The third-order valence-corrected chi connectivity index (χ3v) is 7.13. The van der Waals surface area contributed by atoms with E-state index in [2.05, 4.69) is 20.3 Å². The minimum Gasteiger partial charge on any atom is -0.493 e. The number of rotatable bonds is 8. The first-order valence-corrected chi connectivity index (χ1v) is 12.7. The van der Waals surface area contributed by atoms with Gasteiger partial charge in [-0.15, -0.1) is 0 Å². The number of nitrogens with zero attached hydrogens (tertiary/aromatic N) is 4. The van der Waals surface area contributed by atoms with Crippen LogP contribution in [0.25, 0.3) is 10.9 Å². The number of nitrogens with one attached hydrogen (secondary N) is 1. The molecule has 2 fully saturated rings. The number of hydrogen-bond donors (Lipinski definition) is 1. The van der Waals surface area contributed by atoms with Gasteiger partial charge < -0.3 is 19.5 Å². The van der Waals surface area contributed by atoms with Gasteiger partial charge in [0.1, 0.15) is 18.0 Å². The lowest BCUT2D eigenvalue weighted by molar-refractivity contribution is -0.153. The number of hydrazine groups is 1. The van der Waals surface area contributed by atoms with Crippen LogP contribution in [0.15, 0.2) is 36.7 Å². The third kappa shape index (κ3) is 5.71. The van der Waals surface area contributed by atoms with Crippen molar-refractivity contribution in [2.24, 2.45) is 0 Å². The van der Waals surface area contributed by atoms with E-state index in [0.717, 1.165) is 50.6 Å². The van der Waals surface area contributed by atoms with E-state index >= 15 is 0 Å². The zero-order valence-corrected chi connectivity index (χ0v) is 21.3. The molecule has 1 N–H and O–H groups in total. The molecule has 0 spiro atoms. The maximum Gasteiger partial charge on any atom is 0.224 e. The van der Waals surface area contributed by atoms with Gasteiger partial charge in [-0.2, -0.15) is 0 Å². The van der Waals surface area contributed by atoms with Gasteiger partial charge in [0.25, 0.3) is 0 Å². The highest BCUT2D eigenvalue weighted by Crippen LogP contribution is 2.37. The smallest absolute Gasteiger partial charge is 0.224 e. The molecule has 2 aromatic carbocycles. The van der Waals surface area contributed by atoms with Crippen LogP contribution in [0.2, 0.25) is 5.02 Å². The number of carbonyl (C=O) groups excluding carboxylic acids is 1. The highest BCUT2D eigenvalue weighted by molar-refractivity contribution is 6.31. The number of aromatic nitrogens is 2. The maximum absolute atomic E-state index is 13.6. The van der Waals surface area contributed by atoms with E-state index in [-0.39, 0.29) is 17.2 Å². The molecular weight excluding hydrogens is 501 g/mol. The van der Waals surface area contributed by atoms with Crippen LogP contribution < -0.4 is 14.8 Å². The molecule has 11 heteroatoms. The van der Waals surface area contributed by atoms with Crippen LogP contribution in [-0.2, 0) is 9.53 Å². The summed E-state index contributed by atoms with van der Waals surface area (Å²) in [5.74, 6) is 1.22. The predicted octanol–water partition coefficient (Wildman–Crippen LogP) is 4.57. The average molecular weight is 530 g/mol. The molecule has 2 aliphatic rings. The molecule has 1 amide bonds. The zero-order valence-electron chi connectivity index (χ0n) is 20.5. The zero-order chi connectivity index (χ0) is 25.8. The van der Waals surface area contributed by atoms with Crippen LogP contribution in [0.1, 0.15) is 25.7 Å². The summed E-state index contributed by atoms with van der Waals surface area (Å²) in [6.45, 7) is 2.73. The molecule has 1 saturated heterocycles. The number of halogens is 2. The van der Waals surface area contributed by atoms with Crippen molar-refractivity contribution >= 4 is 40.4 Å². The molecule has 0 radical (unpaired) electrons. The second-order valence-corrected chi connectivity index (χ2v) is 9.50. The molecule has 1 aromatic heterocycles. The van der Waals surface area contributed by atoms with E-state index in [9.17, 15) is 9.18 Å². The summed E-state index contributed by atoms with van der Waals surface area (Å²) in [6.07, 6.45) is 5.68. The van der Waals surface area contributed by atoms with Gasteiger partial charge in [-0.1, -0.05) is 11.6 Å². The third-order valence-electron chi connectivity index (χ3n) is 6.84. The number of carbonyl (C=O) groups is 1. The summed E-state index contributed by atoms with van der Waals surface area (Å²) in [5.41, 5.74) is 1.27. The van der Waals surface area contributed by atoms with Gasteiger partial charge in [-0.25, -0.2) is 19.4 Å². The fourth-order valence-electron chi connectivity index (χ4n) is 4.90. The SMILES string of the molecule is COc1cc2ncnc(Nc3ccc(F)c(Cl)c3)c2cc1OC1CCC(N(C=O)N2CCOCC2)CC1. The summed E-state index contributed by atoms with van der Waals surface area (Å²) < 4.78 is 31.0. The van der Waals surface area contributed by atoms with E-state index in [4.69, 9.17) is 25.8 Å². The van der Waals surface area contributed by atoms with Crippen molar-refractivity contribution in [3.63, 3.8) is 0 Å². The molecular formula is C26H29ClFN5O4. The van der Waals surface area contributed by atoms with Crippen molar-refractivity contribution in [2.45, 2.75) is 37.8 Å². The average Bonchev–Trinajstić information content (AvgIpc) is 2.93. The number of fused-ring (bicyclic) bond motifs is 1. The molecule has 0 bridgehead atoms. The summed E-state index contributed by atoms with van der Waals surface area (Å²) in [7, 11) is 1.59. The quantitative estimate of drug-likeness (QED) is 0.424. The van der Waals surface area contributed by atoms with Crippen molar-refractivity contribution < 1.29 is 23.4 Å². The molecule has 1 aliphatic heterocycles. The summed E-state index contributed by atoms with van der Waals surface area (Å²) in [5, 5.41) is 7.86. The van der Waals surface area contributed by atoms with E-state index in [0.29, 0.717) is 41.7 Å². The van der Waals surface area contributed by atoms with Crippen LogP contribution in [0.5, 0.6) is 11.5 Å². The van der Waals surface area contributed by atoms with E-state index in [1.165, 1.54) is 18.5 Å². The summed E-state index contributed by atoms with van der Waals surface area (Å²) in [6, 6.07) is 8.22. The van der Waals surface area contributed by atoms with Crippen LogP contribution in [-0.4, -0.2) is 72.0 Å². The number of methoxy groups -OCH3 is 1. The first-order chi connectivity index (χ1) is 18.1. The van der Waals surface area contributed by atoms with Crippen molar-refractivity contribution in [2.75, 3.05) is 38.7 Å². The summed E-state index contributed by atoms with van der Waals surface area (Å²) in [4.78, 5) is 20.6. The normalized spacial score (nSPS) is 20.4. The molecule has 5 rings (SSSR count). The fraction of sp³-hybridized carbons (Fsp3) is 0.423. The number of amides is 1. The van der Waals surface area contributed by atoms with Gasteiger partial charge in [-0.3, -0.25) is 9.80 Å². The number of benzene rings is 2. The van der Waals surface area contributed by atoms with Gasteiger partial charge in [0.2, 0.25) is 6.41 Å². The van der Waals surface area contributed by atoms with Crippen molar-refractivity contribution in [1.82, 2.24) is 20.0 Å². The minimum absolute atomic E-state index is 0.0160. The molecule has 37 heavy (non-hydrogen) atoms. The number of morpholine rings is 1. The second-order valence-electron chi connectivity index (χ2n) is 9.10. The highest BCUT2D eigenvalue weighted by atomic mass is 35.5. The first kappa shape index (κ1) is 25.4. The van der Waals surface area contributed by atoms with Crippen LogP contribution >= 0.6 is 11.6 Å². The number of hydrogen-bond acceptors (Lipinski definition) is 8. The molecule has 196 valence electrons. The minimum atomic E-state index is -0.490. The molecule has 9 nitrogen and oxygen atoms in total. The highest BCUT2D eigenvalue weighted by Gasteiger charge is 2.30. The Hall–Kier alpha value is -3.21. The van der Waals surface area contributed by atoms with E-state index in [1.807, 2.05) is 17.1 Å². The van der Waals surface area contributed by atoms with Crippen LogP contribution in [0.3, 0.4) is 0 Å². The Kier molecular flexibility index (Phi) is 7.87. The molecule has 2 heterocycles. The van der Waals surface area contributed by atoms with Crippen LogP contribution in [0, 0.1) is 5.82 Å². The van der Waals surface area contributed by atoms with Gasteiger partial charge >= 0.3 is 0 Å². The monoisotopic (exact) mass is 529 g/mol. The molecule has 0 unspecified atom stereocenters. The van der Waals surface area contributed by atoms with Gasteiger partial charge in [-0.05, 0) is 49.9 Å². The number of ether oxygens (including phenoxy) is 3. The standard InChI is InChI=1S/C26H29ClFN5O4/c1-35-24-14-23-20(26(30-15-29-23)31-17-2-7-22(28)21(27)12-17)13-25(24)37-19-5-3-18(4-6-19)33(16-34)32-8-10-36-11-9-32/h2,7,12-16,18-19H,3-6,8-11H2,1H3,(H,29,30,31). The second kappa shape index (κ2) is 11.5. The molecule has 3 aromatic rings. The number of anilines is 2. The van der Waals surface area contributed by atoms with Gasteiger partial charge in [0.15, 0.2) is 11.5 Å². The predicted molar refractivity (Wildman–Crippen MR) is 138 cm³/mol. The Morgan fingerprint density at radius 2 is 1.92 bits per heavy atom. The van der Waals surface area contributed by atoms with Crippen molar-refractivity contribution in [3.05, 3.63) is 47.5 Å². The Morgan fingerprint density at radius 3 is 2.62 bits per heavy atom. The Balaban J connectivity index is 1.32. The topological polar surface area (TPSA) is 89.1 Å². The Labute approximate surface area is 219 Å². The van der Waals surface area contributed by atoms with E-state index in [1.54, 1.807) is 13.2 Å².